The van der Waals surface area contributed by atoms with E-state index in [2.05, 4.69) is 60.7 Å². The highest BCUT2D eigenvalue weighted by atomic mass is 16.3. The molecule has 0 saturated carbocycles. The first kappa shape index (κ1) is 12.5. The molecule has 5 aromatic carbocycles. The number of fused-ring (bicyclic) bond motifs is 8. The van der Waals surface area contributed by atoms with Gasteiger partial charge in [-0.15, -0.1) is 0 Å². The average Bonchev–Trinajstić information content (AvgIpc) is 2.61. The van der Waals surface area contributed by atoms with Crippen LogP contribution in [0.5, 0.6) is 5.75 Å². The van der Waals surface area contributed by atoms with Crippen LogP contribution in [-0.4, -0.2) is 0 Å². The van der Waals surface area contributed by atoms with Gasteiger partial charge in [-0.25, -0.2) is 0 Å². The monoisotopic (exact) mass is 293 g/mol. The smallest absolute Gasteiger partial charge is 0.179 e. The van der Waals surface area contributed by atoms with Gasteiger partial charge in [-0.05, 0) is 55.2 Å². The fraction of sp³-hybridized carbons (Fsp3) is 0. The van der Waals surface area contributed by atoms with Gasteiger partial charge in [0.1, 0.15) is 0 Å². The minimum Gasteiger partial charge on any atom is -0.290 e. The van der Waals surface area contributed by atoms with Crippen LogP contribution in [0.3, 0.4) is 0 Å². The van der Waals surface area contributed by atoms with E-state index in [0.29, 0.717) is 0 Å². The van der Waals surface area contributed by atoms with Crippen LogP contribution < -0.4 is 0 Å². The summed E-state index contributed by atoms with van der Waals surface area (Å²) in [7, 11) is 0. The van der Waals surface area contributed by atoms with Crippen LogP contribution in [-0.2, 0) is 5.11 Å². The summed E-state index contributed by atoms with van der Waals surface area (Å²) in [6, 6.07) is 26.6. The lowest BCUT2D eigenvalue weighted by molar-refractivity contribution is 0.355. The third-order valence-corrected chi connectivity index (χ3v) is 4.70. The lowest BCUT2D eigenvalue weighted by Crippen LogP contribution is -1.84. The van der Waals surface area contributed by atoms with Crippen molar-refractivity contribution in [3.8, 4) is 5.75 Å². The highest BCUT2D eigenvalue weighted by molar-refractivity contribution is 6.31. The second kappa shape index (κ2) is 4.47. The SMILES string of the molecule is [O]c1ccc2ccc3c4ccccc4c4ccccc4c3c2c1. The molecule has 0 N–H and O–H groups in total. The molecular formula is C22H13O. The van der Waals surface area contributed by atoms with Crippen LogP contribution in [0, 0.1) is 0 Å². The summed E-state index contributed by atoms with van der Waals surface area (Å²) in [5, 5.41) is 21.4. The molecule has 0 atom stereocenters. The maximum atomic E-state index is 11.9. The maximum absolute atomic E-state index is 11.9. The molecule has 1 heteroatoms. The number of hydrogen-bond acceptors (Lipinski definition) is 0. The van der Waals surface area contributed by atoms with Crippen molar-refractivity contribution in [3.63, 3.8) is 0 Å². The van der Waals surface area contributed by atoms with E-state index in [1.165, 1.54) is 32.3 Å². The van der Waals surface area contributed by atoms with Gasteiger partial charge in [0.15, 0.2) is 5.75 Å². The Morgan fingerprint density at radius 2 is 1.00 bits per heavy atom. The Bertz CT molecular complexity index is 1180. The Hall–Kier alpha value is -3.06. The first-order chi connectivity index (χ1) is 11.3. The molecule has 5 aromatic rings. The molecule has 0 fully saturated rings. The molecule has 23 heavy (non-hydrogen) atoms. The molecule has 0 amide bonds. The summed E-state index contributed by atoms with van der Waals surface area (Å²) in [5.74, 6) is 0.0576. The lowest BCUT2D eigenvalue weighted by atomic mass is 9.91. The number of rotatable bonds is 0. The Kier molecular flexibility index (Phi) is 2.42. The zero-order valence-corrected chi connectivity index (χ0v) is 12.4. The zero-order chi connectivity index (χ0) is 15.4. The largest absolute Gasteiger partial charge is 0.290 e. The fourth-order valence-corrected chi connectivity index (χ4v) is 3.70. The highest BCUT2D eigenvalue weighted by Gasteiger charge is 2.11. The summed E-state index contributed by atoms with van der Waals surface area (Å²) < 4.78 is 0. The molecule has 107 valence electrons. The van der Waals surface area contributed by atoms with Crippen molar-refractivity contribution in [3.05, 3.63) is 78.9 Å². The van der Waals surface area contributed by atoms with E-state index in [1.54, 1.807) is 12.1 Å². The minimum absolute atomic E-state index is 0.0576. The first-order valence-electron chi connectivity index (χ1n) is 7.76. The van der Waals surface area contributed by atoms with Crippen molar-refractivity contribution < 1.29 is 5.11 Å². The molecule has 0 bridgehead atoms. The first-order valence-corrected chi connectivity index (χ1v) is 7.76. The molecule has 5 rings (SSSR count). The summed E-state index contributed by atoms with van der Waals surface area (Å²) in [6.07, 6.45) is 0. The Morgan fingerprint density at radius 3 is 1.70 bits per heavy atom. The number of hydrogen-bond donors (Lipinski definition) is 0. The van der Waals surface area contributed by atoms with E-state index in [-0.39, 0.29) is 5.75 Å². The maximum Gasteiger partial charge on any atom is 0.179 e. The molecule has 0 heterocycles. The molecule has 0 aliphatic heterocycles. The molecule has 1 nitrogen and oxygen atoms in total. The van der Waals surface area contributed by atoms with Crippen LogP contribution in [0.4, 0.5) is 0 Å². The van der Waals surface area contributed by atoms with E-state index in [0.717, 1.165) is 10.8 Å². The van der Waals surface area contributed by atoms with Gasteiger partial charge in [-0.1, -0.05) is 66.7 Å². The predicted octanol–water partition coefficient (Wildman–Crippen LogP) is 6.44. The van der Waals surface area contributed by atoms with E-state index in [4.69, 9.17) is 0 Å². The average molecular weight is 293 g/mol. The van der Waals surface area contributed by atoms with Gasteiger partial charge >= 0.3 is 0 Å². The van der Waals surface area contributed by atoms with Crippen molar-refractivity contribution in [2.45, 2.75) is 0 Å². The van der Waals surface area contributed by atoms with E-state index in [9.17, 15) is 5.11 Å². The van der Waals surface area contributed by atoms with Crippen molar-refractivity contribution in [1.82, 2.24) is 0 Å². The Labute approximate surface area is 133 Å². The third-order valence-electron chi connectivity index (χ3n) is 4.70. The Morgan fingerprint density at radius 1 is 0.478 bits per heavy atom. The second-order valence-corrected chi connectivity index (χ2v) is 5.96. The van der Waals surface area contributed by atoms with Gasteiger partial charge in [0.2, 0.25) is 0 Å². The summed E-state index contributed by atoms with van der Waals surface area (Å²) >= 11 is 0. The molecule has 0 saturated heterocycles. The normalized spacial score (nSPS) is 11.7. The van der Waals surface area contributed by atoms with Crippen LogP contribution in [0.15, 0.2) is 78.9 Å². The van der Waals surface area contributed by atoms with Gasteiger partial charge < -0.3 is 0 Å². The Balaban J connectivity index is 2.22. The van der Waals surface area contributed by atoms with Crippen molar-refractivity contribution in [2.24, 2.45) is 0 Å². The fourth-order valence-electron chi connectivity index (χ4n) is 3.70. The van der Waals surface area contributed by atoms with Crippen LogP contribution in [0.2, 0.25) is 0 Å². The van der Waals surface area contributed by atoms with Crippen LogP contribution in [0.1, 0.15) is 0 Å². The molecule has 0 unspecified atom stereocenters. The number of benzene rings is 5. The predicted molar refractivity (Wildman–Crippen MR) is 96.6 cm³/mol. The van der Waals surface area contributed by atoms with Crippen molar-refractivity contribution >= 4 is 43.1 Å². The van der Waals surface area contributed by atoms with E-state index < -0.39 is 0 Å². The van der Waals surface area contributed by atoms with Crippen molar-refractivity contribution in [1.29, 1.82) is 0 Å². The van der Waals surface area contributed by atoms with Gasteiger partial charge in [0, 0.05) is 0 Å². The van der Waals surface area contributed by atoms with Gasteiger partial charge in [-0.3, -0.25) is 5.11 Å². The summed E-state index contributed by atoms with van der Waals surface area (Å²) in [4.78, 5) is 0. The minimum atomic E-state index is 0.0576. The van der Waals surface area contributed by atoms with Crippen LogP contribution >= 0.6 is 0 Å². The van der Waals surface area contributed by atoms with Gasteiger partial charge in [0.05, 0.1) is 0 Å². The molecule has 0 spiro atoms. The quantitative estimate of drug-likeness (QED) is 0.293. The highest BCUT2D eigenvalue weighted by Crippen LogP contribution is 2.39. The lowest BCUT2D eigenvalue weighted by Gasteiger charge is -2.12. The van der Waals surface area contributed by atoms with Gasteiger partial charge in [0.25, 0.3) is 0 Å². The second-order valence-electron chi connectivity index (χ2n) is 5.96. The summed E-state index contributed by atoms with van der Waals surface area (Å²) in [5.41, 5.74) is 0. The van der Waals surface area contributed by atoms with E-state index >= 15 is 0 Å². The molecule has 1 radical (unpaired) electrons. The summed E-state index contributed by atoms with van der Waals surface area (Å²) in [6.45, 7) is 0. The molecular weight excluding hydrogens is 280 g/mol. The van der Waals surface area contributed by atoms with E-state index in [1.807, 2.05) is 6.07 Å². The molecule has 0 aliphatic carbocycles. The molecule has 0 aromatic heterocycles. The third kappa shape index (κ3) is 1.68. The topological polar surface area (TPSA) is 19.9 Å². The van der Waals surface area contributed by atoms with Crippen LogP contribution in [0.25, 0.3) is 43.1 Å². The zero-order valence-electron chi connectivity index (χ0n) is 12.4. The standard InChI is InChI=1S/C22H13O/c23-15-11-9-14-10-12-20-18-7-2-1-5-16(18)17-6-3-4-8-19(17)22(20)21(14)13-15/h1-13H. The van der Waals surface area contributed by atoms with Gasteiger partial charge in [-0.2, -0.15) is 0 Å². The van der Waals surface area contributed by atoms with Crippen molar-refractivity contribution in [2.75, 3.05) is 0 Å². The molecule has 0 aliphatic rings.